The van der Waals surface area contributed by atoms with Crippen LogP contribution in [0.1, 0.15) is 32.1 Å². The summed E-state index contributed by atoms with van der Waals surface area (Å²) in [6.45, 7) is 0. The summed E-state index contributed by atoms with van der Waals surface area (Å²) in [5.74, 6) is 0. The van der Waals surface area contributed by atoms with E-state index in [1.54, 1.807) is 12.1 Å². The van der Waals surface area contributed by atoms with Gasteiger partial charge in [0.15, 0.2) is 0 Å². The van der Waals surface area contributed by atoms with Gasteiger partial charge in [0.25, 0.3) is 0 Å². The van der Waals surface area contributed by atoms with Crippen molar-refractivity contribution >= 4 is 22.6 Å². The van der Waals surface area contributed by atoms with Crippen molar-refractivity contribution in [1.82, 2.24) is 4.72 Å². The molecule has 0 aromatic heterocycles. The average molecular weight is 258 g/mol. The lowest BCUT2D eigenvalue weighted by atomic mass is 9.96. The van der Waals surface area contributed by atoms with Crippen LogP contribution in [0.4, 0.5) is 0 Å². The Morgan fingerprint density at radius 1 is 1.12 bits per heavy atom. The standard InChI is InChI=1S/C12H16ClNOS/c13-10-6-8-12(9-7-10)16(15)14-11-4-2-1-3-5-11/h6-9,11,14H,1-5H2. The first-order chi connectivity index (χ1) is 7.75. The van der Waals surface area contributed by atoms with Gasteiger partial charge in [0.05, 0.1) is 4.90 Å². The van der Waals surface area contributed by atoms with Crippen LogP contribution in [0.2, 0.25) is 5.02 Å². The normalized spacial score (nSPS) is 19.6. The van der Waals surface area contributed by atoms with Crippen LogP contribution in [0.3, 0.4) is 0 Å². The van der Waals surface area contributed by atoms with Crippen LogP contribution in [-0.4, -0.2) is 10.3 Å². The summed E-state index contributed by atoms with van der Waals surface area (Å²) in [5.41, 5.74) is 0. The number of halogens is 1. The molecule has 1 aromatic rings. The quantitative estimate of drug-likeness (QED) is 0.885. The van der Waals surface area contributed by atoms with Gasteiger partial charge in [0.2, 0.25) is 0 Å². The molecule has 88 valence electrons. The largest absolute Gasteiger partial charge is 0.237 e. The number of benzene rings is 1. The van der Waals surface area contributed by atoms with Gasteiger partial charge in [-0.2, -0.15) is 0 Å². The molecule has 1 saturated carbocycles. The third-order valence-electron chi connectivity index (χ3n) is 2.91. The molecular formula is C12H16ClNOS. The zero-order chi connectivity index (χ0) is 11.4. The van der Waals surface area contributed by atoms with Crippen molar-refractivity contribution in [1.29, 1.82) is 0 Å². The SMILES string of the molecule is O=S(NC1CCCCC1)c1ccc(Cl)cc1. The van der Waals surface area contributed by atoms with Crippen molar-refractivity contribution in [2.24, 2.45) is 0 Å². The Bertz CT molecular complexity index is 360. The van der Waals surface area contributed by atoms with Crippen LogP contribution >= 0.6 is 11.6 Å². The maximum Gasteiger partial charge on any atom is 0.125 e. The van der Waals surface area contributed by atoms with E-state index >= 15 is 0 Å². The van der Waals surface area contributed by atoms with Crippen molar-refractivity contribution < 1.29 is 4.21 Å². The monoisotopic (exact) mass is 257 g/mol. The molecule has 1 unspecified atom stereocenters. The fourth-order valence-corrected chi connectivity index (χ4v) is 3.18. The Balaban J connectivity index is 1.94. The number of hydrogen-bond acceptors (Lipinski definition) is 1. The first-order valence-electron chi connectivity index (χ1n) is 5.69. The molecule has 1 N–H and O–H groups in total. The van der Waals surface area contributed by atoms with Crippen molar-refractivity contribution in [3.8, 4) is 0 Å². The van der Waals surface area contributed by atoms with E-state index < -0.39 is 11.0 Å². The summed E-state index contributed by atoms with van der Waals surface area (Å²) in [6, 6.07) is 7.59. The van der Waals surface area contributed by atoms with Crippen molar-refractivity contribution in [2.45, 2.75) is 43.0 Å². The zero-order valence-corrected chi connectivity index (χ0v) is 10.7. The molecule has 16 heavy (non-hydrogen) atoms. The third-order valence-corrected chi connectivity index (χ3v) is 4.41. The molecule has 1 fully saturated rings. The average Bonchev–Trinajstić information content (AvgIpc) is 2.31. The molecule has 2 nitrogen and oxygen atoms in total. The third kappa shape index (κ3) is 3.30. The Hall–Kier alpha value is -0.380. The van der Waals surface area contributed by atoms with Crippen LogP contribution in [0.15, 0.2) is 29.2 Å². The molecule has 0 spiro atoms. The highest BCUT2D eigenvalue weighted by Crippen LogP contribution is 2.19. The molecule has 2 rings (SSSR count). The highest BCUT2D eigenvalue weighted by atomic mass is 35.5. The maximum absolute atomic E-state index is 12.0. The molecule has 0 radical (unpaired) electrons. The minimum Gasteiger partial charge on any atom is -0.237 e. The van der Waals surface area contributed by atoms with E-state index in [0.717, 1.165) is 17.7 Å². The lowest BCUT2D eigenvalue weighted by Crippen LogP contribution is -2.32. The molecule has 1 aromatic carbocycles. The van der Waals surface area contributed by atoms with Crippen LogP contribution in [0, 0.1) is 0 Å². The van der Waals surface area contributed by atoms with E-state index in [2.05, 4.69) is 4.72 Å². The molecule has 4 heteroatoms. The highest BCUT2D eigenvalue weighted by Gasteiger charge is 2.15. The summed E-state index contributed by atoms with van der Waals surface area (Å²) in [6.07, 6.45) is 6.08. The highest BCUT2D eigenvalue weighted by molar-refractivity contribution is 7.83. The van der Waals surface area contributed by atoms with Gasteiger partial charge in [-0.1, -0.05) is 30.9 Å². The van der Waals surface area contributed by atoms with Crippen LogP contribution in [0.25, 0.3) is 0 Å². The zero-order valence-electron chi connectivity index (χ0n) is 9.12. The molecule has 0 aliphatic heterocycles. The van der Waals surface area contributed by atoms with E-state index in [9.17, 15) is 4.21 Å². The Morgan fingerprint density at radius 2 is 1.75 bits per heavy atom. The van der Waals surface area contributed by atoms with Crippen LogP contribution < -0.4 is 4.72 Å². The molecule has 0 bridgehead atoms. The van der Waals surface area contributed by atoms with Gasteiger partial charge in [-0.15, -0.1) is 0 Å². The van der Waals surface area contributed by atoms with E-state index in [1.807, 2.05) is 12.1 Å². The number of rotatable bonds is 3. The topological polar surface area (TPSA) is 29.1 Å². The fourth-order valence-electron chi connectivity index (χ4n) is 2.00. The summed E-state index contributed by atoms with van der Waals surface area (Å²) in [5, 5.41) is 0.679. The predicted octanol–water partition coefficient (Wildman–Crippen LogP) is 3.28. The smallest absolute Gasteiger partial charge is 0.125 e. The minimum atomic E-state index is -1.10. The number of nitrogens with one attached hydrogen (secondary N) is 1. The summed E-state index contributed by atoms with van der Waals surface area (Å²) >= 11 is 5.79. The predicted molar refractivity (Wildman–Crippen MR) is 67.9 cm³/mol. The molecule has 0 heterocycles. The van der Waals surface area contributed by atoms with Crippen LogP contribution in [-0.2, 0) is 11.0 Å². The van der Waals surface area contributed by atoms with Gasteiger partial charge in [0.1, 0.15) is 11.0 Å². The molecule has 0 saturated heterocycles. The second-order valence-corrected chi connectivity index (χ2v) is 5.86. The minimum absolute atomic E-state index is 0.408. The first-order valence-corrected chi connectivity index (χ1v) is 7.22. The molecular weight excluding hydrogens is 242 g/mol. The lowest BCUT2D eigenvalue weighted by molar-refractivity contribution is 0.419. The maximum atomic E-state index is 12.0. The van der Waals surface area contributed by atoms with Gasteiger partial charge in [0, 0.05) is 11.1 Å². The van der Waals surface area contributed by atoms with Gasteiger partial charge < -0.3 is 0 Å². The fraction of sp³-hybridized carbons (Fsp3) is 0.500. The Morgan fingerprint density at radius 3 is 2.38 bits per heavy atom. The second kappa shape index (κ2) is 5.80. The summed E-state index contributed by atoms with van der Waals surface area (Å²) in [7, 11) is -1.10. The molecule has 1 aliphatic carbocycles. The van der Waals surface area contributed by atoms with Crippen LogP contribution in [0.5, 0.6) is 0 Å². The molecule has 0 amide bonds. The van der Waals surface area contributed by atoms with E-state index in [0.29, 0.717) is 11.1 Å². The van der Waals surface area contributed by atoms with Crippen molar-refractivity contribution in [3.05, 3.63) is 29.3 Å². The summed E-state index contributed by atoms with van der Waals surface area (Å²) in [4.78, 5) is 0.801. The summed E-state index contributed by atoms with van der Waals surface area (Å²) < 4.78 is 15.2. The van der Waals surface area contributed by atoms with Crippen molar-refractivity contribution in [2.75, 3.05) is 0 Å². The second-order valence-electron chi connectivity index (χ2n) is 4.18. The number of hydrogen-bond donors (Lipinski definition) is 1. The Labute approximate surface area is 104 Å². The van der Waals surface area contributed by atoms with Gasteiger partial charge in [-0.05, 0) is 37.1 Å². The van der Waals surface area contributed by atoms with Gasteiger partial charge >= 0.3 is 0 Å². The molecule has 1 aliphatic rings. The first kappa shape index (κ1) is 12.1. The van der Waals surface area contributed by atoms with E-state index in [-0.39, 0.29) is 0 Å². The Kier molecular flexibility index (Phi) is 4.38. The van der Waals surface area contributed by atoms with Gasteiger partial charge in [-0.25, -0.2) is 8.93 Å². The van der Waals surface area contributed by atoms with Crippen molar-refractivity contribution in [3.63, 3.8) is 0 Å². The van der Waals surface area contributed by atoms with Gasteiger partial charge in [-0.3, -0.25) is 0 Å². The lowest BCUT2D eigenvalue weighted by Gasteiger charge is -2.22. The van der Waals surface area contributed by atoms with E-state index in [4.69, 9.17) is 11.6 Å². The molecule has 1 atom stereocenters. The van der Waals surface area contributed by atoms with E-state index in [1.165, 1.54) is 19.3 Å².